The van der Waals surface area contributed by atoms with Crippen LogP contribution in [0.3, 0.4) is 0 Å². The third-order valence-electron chi connectivity index (χ3n) is 3.42. The molecule has 0 bridgehead atoms. The number of anilines is 1. The second-order valence-electron chi connectivity index (χ2n) is 4.65. The predicted molar refractivity (Wildman–Crippen MR) is 73.3 cm³/mol. The van der Waals surface area contributed by atoms with Gasteiger partial charge in [0.2, 0.25) is 0 Å². The second kappa shape index (κ2) is 5.92. The Bertz CT molecular complexity index is 530. The molecular weight excluding hydrogens is 260 g/mol. The molecule has 108 valence electrons. The molecule has 0 spiro atoms. The van der Waals surface area contributed by atoms with E-state index >= 15 is 0 Å². The monoisotopic (exact) mass is 278 g/mol. The lowest BCUT2D eigenvalue weighted by atomic mass is 10.1. The summed E-state index contributed by atoms with van der Waals surface area (Å²) in [6.07, 6.45) is -0.723. The zero-order valence-corrected chi connectivity index (χ0v) is 11.6. The summed E-state index contributed by atoms with van der Waals surface area (Å²) in [6.45, 7) is 2.76. The van der Waals surface area contributed by atoms with E-state index in [0.29, 0.717) is 24.4 Å². The Labute approximate surface area is 117 Å². The summed E-state index contributed by atoms with van der Waals surface area (Å²) in [5.41, 5.74) is 7.69. The van der Waals surface area contributed by atoms with E-state index in [2.05, 4.69) is 4.74 Å². The van der Waals surface area contributed by atoms with E-state index < -0.39 is 12.1 Å². The predicted octanol–water partition coefficient (Wildman–Crippen LogP) is 0.591. The lowest BCUT2D eigenvalue weighted by molar-refractivity contribution is -0.158. The molecule has 20 heavy (non-hydrogen) atoms. The Balaban J connectivity index is 2.16. The van der Waals surface area contributed by atoms with Gasteiger partial charge in [0.05, 0.1) is 20.3 Å². The normalized spacial score (nSPS) is 18.7. The van der Waals surface area contributed by atoms with Crippen LogP contribution in [0.2, 0.25) is 0 Å². The molecule has 0 aromatic heterocycles. The summed E-state index contributed by atoms with van der Waals surface area (Å²) in [4.78, 5) is 25.6. The molecule has 1 unspecified atom stereocenters. The van der Waals surface area contributed by atoms with E-state index in [1.807, 2.05) is 0 Å². The van der Waals surface area contributed by atoms with Crippen molar-refractivity contribution in [3.63, 3.8) is 0 Å². The molecule has 1 fully saturated rings. The summed E-state index contributed by atoms with van der Waals surface area (Å²) in [5, 5.41) is 0. The van der Waals surface area contributed by atoms with Crippen LogP contribution in [0.25, 0.3) is 0 Å². The van der Waals surface area contributed by atoms with Crippen LogP contribution in [0.5, 0.6) is 0 Å². The van der Waals surface area contributed by atoms with Crippen LogP contribution in [0.4, 0.5) is 5.69 Å². The van der Waals surface area contributed by atoms with Gasteiger partial charge in [0.1, 0.15) is 0 Å². The minimum atomic E-state index is -0.723. The molecule has 1 saturated heterocycles. The van der Waals surface area contributed by atoms with Gasteiger partial charge in [-0.2, -0.15) is 0 Å². The zero-order valence-electron chi connectivity index (χ0n) is 11.6. The van der Waals surface area contributed by atoms with E-state index in [9.17, 15) is 9.59 Å². The van der Waals surface area contributed by atoms with E-state index in [4.69, 9.17) is 10.5 Å². The van der Waals surface area contributed by atoms with Crippen molar-refractivity contribution in [2.75, 3.05) is 32.5 Å². The SMILES string of the molecule is COC(=O)C1CN(C(=O)c2cccc(N)c2C)CCO1. The van der Waals surface area contributed by atoms with Gasteiger partial charge in [0, 0.05) is 17.8 Å². The highest BCUT2D eigenvalue weighted by Gasteiger charge is 2.30. The zero-order chi connectivity index (χ0) is 14.7. The van der Waals surface area contributed by atoms with Crippen LogP contribution >= 0.6 is 0 Å². The topological polar surface area (TPSA) is 81.9 Å². The molecule has 0 aliphatic carbocycles. The van der Waals surface area contributed by atoms with Gasteiger partial charge in [-0.3, -0.25) is 4.79 Å². The molecule has 0 saturated carbocycles. The lowest BCUT2D eigenvalue weighted by Crippen LogP contribution is -2.49. The number of methoxy groups -OCH3 is 1. The van der Waals surface area contributed by atoms with Gasteiger partial charge >= 0.3 is 5.97 Å². The van der Waals surface area contributed by atoms with Crippen LogP contribution in [-0.4, -0.2) is 49.7 Å². The Morgan fingerprint density at radius 2 is 2.20 bits per heavy atom. The number of esters is 1. The van der Waals surface area contributed by atoms with Crippen molar-refractivity contribution in [1.82, 2.24) is 4.90 Å². The average molecular weight is 278 g/mol. The van der Waals surface area contributed by atoms with Crippen molar-refractivity contribution >= 4 is 17.6 Å². The molecule has 1 heterocycles. The van der Waals surface area contributed by atoms with Crippen LogP contribution in [0.15, 0.2) is 18.2 Å². The molecule has 1 aliphatic heterocycles. The van der Waals surface area contributed by atoms with Gasteiger partial charge in [-0.25, -0.2) is 4.79 Å². The number of nitrogens with two attached hydrogens (primary N) is 1. The highest BCUT2D eigenvalue weighted by molar-refractivity contribution is 5.97. The Morgan fingerprint density at radius 1 is 1.45 bits per heavy atom. The van der Waals surface area contributed by atoms with E-state index in [0.717, 1.165) is 5.56 Å². The number of nitrogen functional groups attached to an aromatic ring is 1. The maximum Gasteiger partial charge on any atom is 0.336 e. The largest absolute Gasteiger partial charge is 0.467 e. The molecule has 1 aromatic rings. The smallest absolute Gasteiger partial charge is 0.336 e. The number of hydrogen-bond acceptors (Lipinski definition) is 5. The number of ether oxygens (including phenoxy) is 2. The summed E-state index contributed by atoms with van der Waals surface area (Å²) in [5.74, 6) is -0.612. The third-order valence-corrected chi connectivity index (χ3v) is 3.42. The summed E-state index contributed by atoms with van der Waals surface area (Å²) in [6, 6.07) is 5.23. The Kier molecular flexibility index (Phi) is 4.24. The van der Waals surface area contributed by atoms with Crippen LogP contribution in [-0.2, 0) is 14.3 Å². The van der Waals surface area contributed by atoms with Crippen molar-refractivity contribution in [3.8, 4) is 0 Å². The molecule has 6 nitrogen and oxygen atoms in total. The number of amides is 1. The number of benzene rings is 1. The molecule has 0 radical (unpaired) electrons. The number of rotatable bonds is 2. The van der Waals surface area contributed by atoms with Crippen molar-refractivity contribution in [1.29, 1.82) is 0 Å². The molecule has 1 amide bonds. The van der Waals surface area contributed by atoms with Gasteiger partial charge in [-0.15, -0.1) is 0 Å². The van der Waals surface area contributed by atoms with Gasteiger partial charge in [-0.1, -0.05) is 6.07 Å². The number of morpholine rings is 1. The number of carbonyl (C=O) groups is 2. The number of carbonyl (C=O) groups excluding carboxylic acids is 2. The quantitative estimate of drug-likeness (QED) is 0.632. The van der Waals surface area contributed by atoms with Gasteiger partial charge in [0.15, 0.2) is 6.10 Å². The Morgan fingerprint density at radius 3 is 2.90 bits per heavy atom. The number of hydrogen-bond donors (Lipinski definition) is 1. The number of nitrogens with zero attached hydrogens (tertiary/aromatic N) is 1. The fourth-order valence-corrected chi connectivity index (χ4v) is 2.16. The highest BCUT2D eigenvalue weighted by atomic mass is 16.6. The van der Waals surface area contributed by atoms with Crippen LogP contribution < -0.4 is 5.73 Å². The van der Waals surface area contributed by atoms with Crippen LogP contribution in [0.1, 0.15) is 15.9 Å². The van der Waals surface area contributed by atoms with Crippen molar-refractivity contribution in [3.05, 3.63) is 29.3 Å². The van der Waals surface area contributed by atoms with Crippen molar-refractivity contribution < 1.29 is 19.1 Å². The molecule has 6 heteroatoms. The van der Waals surface area contributed by atoms with Crippen molar-refractivity contribution in [2.24, 2.45) is 0 Å². The fourth-order valence-electron chi connectivity index (χ4n) is 2.16. The molecule has 1 aromatic carbocycles. The first-order valence-electron chi connectivity index (χ1n) is 6.38. The van der Waals surface area contributed by atoms with Gasteiger partial charge < -0.3 is 20.1 Å². The first-order valence-corrected chi connectivity index (χ1v) is 6.38. The molecular formula is C14H18N2O4. The molecule has 2 N–H and O–H groups in total. The fraction of sp³-hybridized carbons (Fsp3) is 0.429. The van der Waals surface area contributed by atoms with Gasteiger partial charge in [0.25, 0.3) is 5.91 Å². The maximum absolute atomic E-state index is 12.5. The molecule has 2 rings (SSSR count). The minimum Gasteiger partial charge on any atom is -0.467 e. The van der Waals surface area contributed by atoms with Crippen molar-refractivity contribution in [2.45, 2.75) is 13.0 Å². The second-order valence-corrected chi connectivity index (χ2v) is 4.65. The van der Waals surface area contributed by atoms with E-state index in [1.165, 1.54) is 7.11 Å². The maximum atomic E-state index is 12.5. The summed E-state index contributed by atoms with van der Waals surface area (Å²) < 4.78 is 9.95. The van der Waals surface area contributed by atoms with Crippen LogP contribution in [0, 0.1) is 6.92 Å². The average Bonchev–Trinajstić information content (AvgIpc) is 2.48. The van der Waals surface area contributed by atoms with E-state index in [-0.39, 0.29) is 12.5 Å². The Hall–Kier alpha value is -2.08. The first-order chi connectivity index (χ1) is 9.54. The highest BCUT2D eigenvalue weighted by Crippen LogP contribution is 2.19. The summed E-state index contributed by atoms with van der Waals surface area (Å²) >= 11 is 0. The van der Waals surface area contributed by atoms with E-state index in [1.54, 1.807) is 30.0 Å². The molecule has 1 atom stereocenters. The minimum absolute atomic E-state index is 0.146. The summed E-state index contributed by atoms with van der Waals surface area (Å²) in [7, 11) is 1.30. The third kappa shape index (κ3) is 2.75. The standard InChI is InChI=1S/C14H18N2O4/c1-9-10(4-3-5-11(9)15)13(17)16-6-7-20-12(8-16)14(18)19-2/h3-5,12H,6-8,15H2,1-2H3. The molecule has 1 aliphatic rings. The first kappa shape index (κ1) is 14.3. The lowest BCUT2D eigenvalue weighted by Gasteiger charge is -2.31. The van der Waals surface area contributed by atoms with Gasteiger partial charge in [-0.05, 0) is 24.6 Å².